The van der Waals surface area contributed by atoms with Gasteiger partial charge in [-0.1, -0.05) is 17.7 Å². The molecule has 20 heavy (non-hydrogen) atoms. The van der Waals surface area contributed by atoms with Gasteiger partial charge in [0.15, 0.2) is 0 Å². The monoisotopic (exact) mass is 286 g/mol. The molecule has 0 N–H and O–H groups in total. The molecule has 3 rings (SSSR count). The van der Waals surface area contributed by atoms with E-state index in [1.54, 1.807) is 48.8 Å². The van der Waals surface area contributed by atoms with E-state index in [1.165, 1.54) is 3.97 Å². The van der Waals surface area contributed by atoms with E-state index in [2.05, 4.69) is 4.98 Å². The Hall–Kier alpha value is -2.14. The SMILES string of the molecule is Cc1ccc(S(=O)(=O)n2ccc3c(C)nccc32)cc1. The summed E-state index contributed by atoms with van der Waals surface area (Å²) >= 11 is 0. The van der Waals surface area contributed by atoms with E-state index >= 15 is 0 Å². The van der Waals surface area contributed by atoms with Crippen molar-refractivity contribution in [3.05, 3.63) is 60.0 Å². The van der Waals surface area contributed by atoms with Crippen molar-refractivity contribution in [1.82, 2.24) is 8.96 Å². The molecule has 0 atom stereocenters. The number of fused-ring (bicyclic) bond motifs is 1. The van der Waals surface area contributed by atoms with E-state index in [9.17, 15) is 8.42 Å². The number of aryl methyl sites for hydroxylation is 2. The Kier molecular flexibility index (Phi) is 2.87. The highest BCUT2D eigenvalue weighted by Gasteiger charge is 2.19. The number of pyridine rings is 1. The first-order valence-corrected chi connectivity index (χ1v) is 7.69. The van der Waals surface area contributed by atoms with Crippen molar-refractivity contribution in [3.63, 3.8) is 0 Å². The molecule has 0 radical (unpaired) electrons. The highest BCUT2D eigenvalue weighted by Crippen LogP contribution is 2.23. The molecule has 5 heteroatoms. The van der Waals surface area contributed by atoms with Crippen LogP contribution in [0.25, 0.3) is 10.9 Å². The molecule has 1 aromatic carbocycles. The van der Waals surface area contributed by atoms with Crippen LogP contribution in [0.4, 0.5) is 0 Å². The fourth-order valence-electron chi connectivity index (χ4n) is 2.22. The van der Waals surface area contributed by atoms with Gasteiger partial charge >= 0.3 is 0 Å². The van der Waals surface area contributed by atoms with Crippen LogP contribution in [-0.4, -0.2) is 17.4 Å². The van der Waals surface area contributed by atoms with Crippen LogP contribution in [0.15, 0.2) is 53.7 Å². The maximum atomic E-state index is 12.7. The van der Waals surface area contributed by atoms with Gasteiger partial charge in [0.25, 0.3) is 10.0 Å². The molecular weight excluding hydrogens is 272 g/mol. The number of rotatable bonds is 2. The summed E-state index contributed by atoms with van der Waals surface area (Å²) in [6, 6.07) is 10.4. The predicted molar refractivity (Wildman–Crippen MR) is 78.2 cm³/mol. The molecule has 0 aliphatic heterocycles. The number of aromatic nitrogens is 2. The summed E-state index contributed by atoms with van der Waals surface area (Å²) in [5.41, 5.74) is 2.50. The third-order valence-electron chi connectivity index (χ3n) is 3.36. The topological polar surface area (TPSA) is 52.0 Å². The van der Waals surface area contributed by atoms with Crippen LogP contribution in [0.2, 0.25) is 0 Å². The largest absolute Gasteiger partial charge is 0.268 e. The fraction of sp³-hybridized carbons (Fsp3) is 0.133. The third-order valence-corrected chi connectivity index (χ3v) is 5.06. The number of hydrogen-bond donors (Lipinski definition) is 0. The predicted octanol–water partition coefficient (Wildman–Crippen LogP) is 2.89. The minimum absolute atomic E-state index is 0.287. The van der Waals surface area contributed by atoms with Crippen molar-refractivity contribution in [1.29, 1.82) is 0 Å². The van der Waals surface area contributed by atoms with Crippen LogP contribution in [0.1, 0.15) is 11.3 Å². The van der Waals surface area contributed by atoms with Crippen molar-refractivity contribution < 1.29 is 8.42 Å². The summed E-state index contributed by atoms with van der Waals surface area (Å²) in [5, 5.41) is 0.850. The lowest BCUT2D eigenvalue weighted by molar-refractivity contribution is 0.589. The second-order valence-corrected chi connectivity index (χ2v) is 6.57. The summed E-state index contributed by atoms with van der Waals surface area (Å²) in [7, 11) is -3.57. The summed E-state index contributed by atoms with van der Waals surface area (Å²) in [6.07, 6.45) is 3.20. The molecule has 2 heterocycles. The fourth-order valence-corrected chi connectivity index (χ4v) is 3.56. The molecule has 0 saturated heterocycles. The van der Waals surface area contributed by atoms with Crippen LogP contribution < -0.4 is 0 Å². The zero-order valence-electron chi connectivity index (χ0n) is 11.2. The number of benzene rings is 1. The van der Waals surface area contributed by atoms with Gasteiger partial charge in [0.05, 0.1) is 10.4 Å². The Morgan fingerprint density at radius 1 is 1.00 bits per heavy atom. The molecule has 3 aromatic rings. The standard InChI is InChI=1S/C15H14N2O2S/c1-11-3-5-13(6-4-11)20(18,19)17-10-8-14-12(2)16-9-7-15(14)17/h3-10H,1-2H3. The van der Waals surface area contributed by atoms with Crippen LogP contribution in [0, 0.1) is 13.8 Å². The molecule has 102 valence electrons. The molecular formula is C15H14N2O2S. The Morgan fingerprint density at radius 3 is 2.40 bits per heavy atom. The maximum Gasteiger partial charge on any atom is 0.268 e. The van der Waals surface area contributed by atoms with Crippen molar-refractivity contribution >= 4 is 20.9 Å². The maximum absolute atomic E-state index is 12.7. The number of nitrogens with zero attached hydrogens (tertiary/aromatic N) is 2. The lowest BCUT2D eigenvalue weighted by Crippen LogP contribution is -2.11. The van der Waals surface area contributed by atoms with Gasteiger partial charge in [-0.25, -0.2) is 12.4 Å². The summed E-state index contributed by atoms with van der Waals surface area (Å²) in [4.78, 5) is 4.47. The van der Waals surface area contributed by atoms with Crippen LogP contribution in [-0.2, 0) is 10.0 Å². The first kappa shape index (κ1) is 12.9. The summed E-state index contributed by atoms with van der Waals surface area (Å²) < 4.78 is 26.7. The highest BCUT2D eigenvalue weighted by molar-refractivity contribution is 7.90. The van der Waals surface area contributed by atoms with E-state index in [4.69, 9.17) is 0 Å². The average molecular weight is 286 g/mol. The first-order valence-electron chi connectivity index (χ1n) is 6.25. The van der Waals surface area contributed by atoms with E-state index in [0.29, 0.717) is 5.52 Å². The van der Waals surface area contributed by atoms with Crippen LogP contribution >= 0.6 is 0 Å². The Balaban J connectivity index is 2.24. The third kappa shape index (κ3) is 1.91. The van der Waals surface area contributed by atoms with Gasteiger partial charge in [-0.2, -0.15) is 0 Å². The molecule has 0 saturated carbocycles. The lowest BCUT2D eigenvalue weighted by Gasteiger charge is -2.08. The van der Waals surface area contributed by atoms with Gasteiger partial charge in [-0.15, -0.1) is 0 Å². The van der Waals surface area contributed by atoms with Gasteiger partial charge in [0, 0.05) is 23.5 Å². The molecule has 0 aliphatic rings. The molecule has 0 unspecified atom stereocenters. The van der Waals surface area contributed by atoms with E-state index in [-0.39, 0.29) is 4.90 Å². The molecule has 4 nitrogen and oxygen atoms in total. The molecule has 0 amide bonds. The minimum Gasteiger partial charge on any atom is -0.261 e. The van der Waals surface area contributed by atoms with Crippen molar-refractivity contribution in [2.45, 2.75) is 18.7 Å². The smallest absolute Gasteiger partial charge is 0.261 e. The van der Waals surface area contributed by atoms with Gasteiger partial charge in [-0.05, 0) is 38.1 Å². The second-order valence-electron chi connectivity index (χ2n) is 4.76. The molecule has 2 aromatic heterocycles. The van der Waals surface area contributed by atoms with E-state index < -0.39 is 10.0 Å². The number of hydrogen-bond acceptors (Lipinski definition) is 3. The van der Waals surface area contributed by atoms with Gasteiger partial charge in [-0.3, -0.25) is 4.98 Å². The van der Waals surface area contributed by atoms with Crippen molar-refractivity contribution in [2.75, 3.05) is 0 Å². The minimum atomic E-state index is -3.57. The molecule has 0 bridgehead atoms. The highest BCUT2D eigenvalue weighted by atomic mass is 32.2. The second kappa shape index (κ2) is 4.45. The van der Waals surface area contributed by atoms with Crippen LogP contribution in [0.5, 0.6) is 0 Å². The van der Waals surface area contributed by atoms with Gasteiger partial charge in [0.2, 0.25) is 0 Å². The Labute approximate surface area is 117 Å². The molecule has 0 fully saturated rings. The molecule has 0 aliphatic carbocycles. The normalized spacial score (nSPS) is 11.9. The van der Waals surface area contributed by atoms with E-state index in [1.807, 2.05) is 13.8 Å². The van der Waals surface area contributed by atoms with Crippen molar-refractivity contribution in [2.24, 2.45) is 0 Å². The zero-order valence-corrected chi connectivity index (χ0v) is 12.1. The van der Waals surface area contributed by atoms with Gasteiger partial charge < -0.3 is 0 Å². The quantitative estimate of drug-likeness (QED) is 0.728. The Morgan fingerprint density at radius 2 is 1.70 bits per heavy atom. The molecule has 0 spiro atoms. The summed E-state index contributed by atoms with van der Waals surface area (Å²) in [5.74, 6) is 0. The van der Waals surface area contributed by atoms with Crippen molar-refractivity contribution in [3.8, 4) is 0 Å². The average Bonchev–Trinajstić information content (AvgIpc) is 2.85. The summed E-state index contributed by atoms with van der Waals surface area (Å²) in [6.45, 7) is 3.79. The van der Waals surface area contributed by atoms with E-state index in [0.717, 1.165) is 16.6 Å². The lowest BCUT2D eigenvalue weighted by atomic mass is 10.2. The first-order chi connectivity index (χ1) is 9.50. The van der Waals surface area contributed by atoms with Crippen LogP contribution in [0.3, 0.4) is 0 Å². The zero-order chi connectivity index (χ0) is 14.3. The Bertz CT molecular complexity index is 878. The van der Waals surface area contributed by atoms with Gasteiger partial charge in [0.1, 0.15) is 0 Å².